The van der Waals surface area contributed by atoms with Crippen LogP contribution in [-0.4, -0.2) is 8.42 Å². The van der Waals surface area contributed by atoms with E-state index in [4.69, 9.17) is 23.2 Å². The second kappa shape index (κ2) is 5.93. The number of aryl methyl sites for hydroxylation is 1. The lowest BCUT2D eigenvalue weighted by Gasteiger charge is -2.12. The first-order valence-electron chi connectivity index (χ1n) is 5.53. The van der Waals surface area contributed by atoms with E-state index in [2.05, 4.69) is 20.7 Å². The van der Waals surface area contributed by atoms with E-state index in [0.29, 0.717) is 10.7 Å². The number of rotatable bonds is 3. The van der Waals surface area contributed by atoms with Gasteiger partial charge < -0.3 is 0 Å². The average Bonchev–Trinajstić information content (AvgIpc) is 2.35. The zero-order valence-electron chi connectivity index (χ0n) is 10.3. The van der Waals surface area contributed by atoms with Crippen LogP contribution in [0.15, 0.2) is 45.8 Å². The van der Waals surface area contributed by atoms with Gasteiger partial charge in [-0.05, 0) is 48.9 Å². The van der Waals surface area contributed by atoms with Gasteiger partial charge in [0, 0.05) is 9.50 Å². The Morgan fingerprint density at radius 2 is 1.80 bits per heavy atom. The van der Waals surface area contributed by atoms with E-state index in [1.54, 1.807) is 12.1 Å². The molecule has 0 bridgehead atoms. The first kappa shape index (κ1) is 15.6. The Morgan fingerprint density at radius 3 is 2.45 bits per heavy atom. The van der Waals surface area contributed by atoms with Gasteiger partial charge >= 0.3 is 0 Å². The third kappa shape index (κ3) is 3.47. The number of anilines is 1. The molecule has 0 saturated carbocycles. The first-order valence-corrected chi connectivity index (χ1v) is 8.57. The van der Waals surface area contributed by atoms with E-state index in [-0.39, 0.29) is 9.92 Å². The van der Waals surface area contributed by atoms with Gasteiger partial charge in [-0.15, -0.1) is 0 Å². The van der Waals surface area contributed by atoms with Crippen LogP contribution in [0.2, 0.25) is 10.0 Å². The molecule has 106 valence electrons. The lowest BCUT2D eigenvalue weighted by atomic mass is 10.2. The van der Waals surface area contributed by atoms with E-state index in [0.717, 1.165) is 10.0 Å². The molecule has 0 aromatic heterocycles. The first-order chi connectivity index (χ1) is 9.29. The second-order valence-electron chi connectivity index (χ2n) is 4.14. The van der Waals surface area contributed by atoms with Gasteiger partial charge in [-0.1, -0.05) is 39.1 Å². The Balaban J connectivity index is 2.43. The number of benzene rings is 2. The molecule has 7 heteroatoms. The summed E-state index contributed by atoms with van der Waals surface area (Å²) in [4.78, 5) is -0.0472. The fourth-order valence-corrected chi connectivity index (χ4v) is 3.99. The Labute approximate surface area is 136 Å². The number of sulfonamides is 1. The maximum atomic E-state index is 12.3. The molecular weight excluding hydrogens is 385 g/mol. The van der Waals surface area contributed by atoms with Crippen molar-refractivity contribution < 1.29 is 8.42 Å². The van der Waals surface area contributed by atoms with Crippen LogP contribution in [0, 0.1) is 6.92 Å². The molecule has 3 nitrogen and oxygen atoms in total. The Kier molecular flexibility index (Phi) is 4.64. The molecule has 0 radical (unpaired) electrons. The van der Waals surface area contributed by atoms with E-state index in [1.165, 1.54) is 18.2 Å². The zero-order chi connectivity index (χ0) is 14.9. The van der Waals surface area contributed by atoms with Crippen molar-refractivity contribution in [3.63, 3.8) is 0 Å². The molecule has 0 saturated heterocycles. The average molecular weight is 395 g/mol. The Morgan fingerprint density at radius 1 is 1.10 bits per heavy atom. The predicted octanol–water partition coefficient (Wildman–Crippen LogP) is 4.87. The third-order valence-corrected chi connectivity index (χ3v) is 5.19. The number of hydrogen-bond acceptors (Lipinski definition) is 2. The number of hydrogen-bond donors (Lipinski definition) is 1. The lowest BCUT2D eigenvalue weighted by Crippen LogP contribution is -2.14. The molecule has 0 atom stereocenters. The van der Waals surface area contributed by atoms with Crippen LogP contribution in [0.5, 0.6) is 0 Å². The monoisotopic (exact) mass is 393 g/mol. The number of nitrogens with one attached hydrogen (secondary N) is 1. The van der Waals surface area contributed by atoms with E-state index < -0.39 is 10.0 Å². The maximum Gasteiger partial charge on any atom is 0.263 e. The second-order valence-corrected chi connectivity index (χ2v) is 7.55. The van der Waals surface area contributed by atoms with E-state index >= 15 is 0 Å². The lowest BCUT2D eigenvalue weighted by molar-refractivity contribution is 0.601. The van der Waals surface area contributed by atoms with Gasteiger partial charge in [-0.3, -0.25) is 4.72 Å². The smallest absolute Gasteiger partial charge is 0.263 e. The third-order valence-electron chi connectivity index (χ3n) is 2.62. The molecule has 2 rings (SSSR count). The van der Waals surface area contributed by atoms with Gasteiger partial charge in [-0.2, -0.15) is 0 Å². The van der Waals surface area contributed by atoms with Crippen LogP contribution in [0.4, 0.5) is 5.69 Å². The van der Waals surface area contributed by atoms with Gasteiger partial charge in [0.15, 0.2) is 0 Å². The highest BCUT2D eigenvalue weighted by molar-refractivity contribution is 9.10. The maximum absolute atomic E-state index is 12.3. The zero-order valence-corrected chi connectivity index (χ0v) is 14.2. The van der Waals surface area contributed by atoms with Crippen molar-refractivity contribution in [2.75, 3.05) is 4.72 Å². The molecule has 0 aliphatic heterocycles. The molecule has 1 N–H and O–H groups in total. The van der Waals surface area contributed by atoms with Gasteiger partial charge in [-0.25, -0.2) is 8.42 Å². The van der Waals surface area contributed by atoms with Gasteiger partial charge in [0.1, 0.15) is 4.90 Å². The van der Waals surface area contributed by atoms with Gasteiger partial charge in [0.2, 0.25) is 0 Å². The minimum Gasteiger partial charge on any atom is -0.279 e. The molecule has 0 unspecified atom stereocenters. The summed E-state index contributed by atoms with van der Waals surface area (Å²) in [5, 5.41) is 0.430. The van der Waals surface area contributed by atoms with Crippen molar-refractivity contribution in [1.82, 2.24) is 0 Å². The summed E-state index contributed by atoms with van der Waals surface area (Å²) in [7, 11) is -3.78. The molecule has 2 aromatic rings. The SMILES string of the molecule is Cc1cc(Br)ccc1NS(=O)(=O)c1cc(Cl)ccc1Cl. The molecule has 0 fully saturated rings. The van der Waals surface area contributed by atoms with E-state index in [9.17, 15) is 8.42 Å². The summed E-state index contributed by atoms with van der Waals surface area (Å²) in [5.74, 6) is 0. The summed E-state index contributed by atoms with van der Waals surface area (Å²) in [5.41, 5.74) is 1.28. The summed E-state index contributed by atoms with van der Waals surface area (Å²) in [6.07, 6.45) is 0. The Hall–Kier alpha value is -0.750. The molecule has 0 spiro atoms. The van der Waals surface area contributed by atoms with Gasteiger partial charge in [0.05, 0.1) is 10.7 Å². The summed E-state index contributed by atoms with van der Waals surface area (Å²) in [6.45, 7) is 1.81. The van der Waals surface area contributed by atoms with Crippen molar-refractivity contribution in [2.24, 2.45) is 0 Å². The van der Waals surface area contributed by atoms with Crippen LogP contribution in [0.1, 0.15) is 5.56 Å². The highest BCUT2D eigenvalue weighted by atomic mass is 79.9. The normalized spacial score (nSPS) is 11.4. The Bertz CT molecular complexity index is 763. The van der Waals surface area contributed by atoms with Crippen molar-refractivity contribution >= 4 is 54.8 Å². The fourth-order valence-electron chi connectivity index (χ4n) is 1.62. The quantitative estimate of drug-likeness (QED) is 0.807. The van der Waals surface area contributed by atoms with Crippen molar-refractivity contribution in [1.29, 1.82) is 0 Å². The predicted molar refractivity (Wildman–Crippen MR) is 86.1 cm³/mol. The summed E-state index contributed by atoms with van der Waals surface area (Å²) < 4.78 is 28.1. The highest BCUT2D eigenvalue weighted by Gasteiger charge is 2.19. The highest BCUT2D eigenvalue weighted by Crippen LogP contribution is 2.28. The molecule has 2 aromatic carbocycles. The minimum atomic E-state index is -3.78. The molecule has 0 aliphatic rings. The number of halogens is 3. The largest absolute Gasteiger partial charge is 0.279 e. The van der Waals surface area contributed by atoms with Crippen LogP contribution in [-0.2, 0) is 10.0 Å². The molecule has 20 heavy (non-hydrogen) atoms. The molecule has 0 heterocycles. The standard InChI is InChI=1S/C13H10BrCl2NO2S/c1-8-6-9(14)2-5-12(8)17-20(18,19)13-7-10(15)3-4-11(13)16/h2-7,17H,1H3. The summed E-state index contributed by atoms with van der Waals surface area (Å²) in [6, 6.07) is 9.55. The van der Waals surface area contributed by atoms with Crippen molar-refractivity contribution in [3.05, 3.63) is 56.5 Å². The molecular formula is C13H10BrCl2NO2S. The molecule has 0 aliphatic carbocycles. The van der Waals surface area contributed by atoms with Crippen molar-refractivity contribution in [2.45, 2.75) is 11.8 Å². The molecule has 0 amide bonds. The van der Waals surface area contributed by atoms with Crippen LogP contribution >= 0.6 is 39.1 Å². The van der Waals surface area contributed by atoms with Crippen LogP contribution in [0.3, 0.4) is 0 Å². The van der Waals surface area contributed by atoms with Gasteiger partial charge in [0.25, 0.3) is 10.0 Å². The summed E-state index contributed by atoms with van der Waals surface area (Å²) >= 11 is 15.1. The van der Waals surface area contributed by atoms with Crippen LogP contribution < -0.4 is 4.72 Å². The minimum absolute atomic E-state index is 0.0472. The van der Waals surface area contributed by atoms with Crippen molar-refractivity contribution in [3.8, 4) is 0 Å². The van der Waals surface area contributed by atoms with E-state index in [1.807, 2.05) is 13.0 Å². The topological polar surface area (TPSA) is 46.2 Å². The fraction of sp³-hybridized carbons (Fsp3) is 0.0769. The van der Waals surface area contributed by atoms with Crippen LogP contribution in [0.25, 0.3) is 0 Å².